The Morgan fingerprint density at radius 3 is 2.16 bits per heavy atom. The first-order valence-corrected chi connectivity index (χ1v) is 9.26. The molecule has 0 saturated carbocycles. The molecule has 3 rings (SSSR count). The summed E-state index contributed by atoms with van der Waals surface area (Å²) < 4.78 is 18.9. The molecule has 0 atom stereocenters. The smallest absolute Gasteiger partial charge is 0.394 e. The third kappa shape index (κ3) is 4.93. The lowest BCUT2D eigenvalue weighted by molar-refractivity contribution is -0.147. The van der Waals surface area contributed by atoms with Gasteiger partial charge in [0.05, 0.1) is 15.6 Å². The second-order valence-electron chi connectivity index (χ2n) is 6.12. The van der Waals surface area contributed by atoms with E-state index in [1.165, 1.54) is 42.5 Å². The second kappa shape index (κ2) is 9.03. The van der Waals surface area contributed by atoms with E-state index in [-0.39, 0.29) is 38.4 Å². The number of hydrogen-bond acceptors (Lipinski definition) is 5. The van der Waals surface area contributed by atoms with Crippen LogP contribution in [0.15, 0.2) is 54.6 Å². The van der Waals surface area contributed by atoms with Gasteiger partial charge in [0.1, 0.15) is 17.3 Å². The molecule has 1 amide bonds. The van der Waals surface area contributed by atoms with Crippen molar-refractivity contribution in [2.45, 2.75) is 0 Å². The Kier molecular flexibility index (Phi) is 6.43. The number of ketones is 1. The number of amides is 1. The van der Waals surface area contributed by atoms with E-state index in [1.54, 1.807) is 0 Å². The van der Waals surface area contributed by atoms with Crippen molar-refractivity contribution in [2.75, 3.05) is 5.32 Å². The summed E-state index contributed by atoms with van der Waals surface area (Å²) in [6.07, 6.45) is 0. The molecule has 7 nitrogen and oxygen atoms in total. The third-order valence-corrected chi connectivity index (χ3v) is 4.68. The van der Waals surface area contributed by atoms with E-state index in [2.05, 4.69) is 5.32 Å². The predicted molar refractivity (Wildman–Crippen MR) is 111 cm³/mol. The zero-order valence-electron chi connectivity index (χ0n) is 15.4. The van der Waals surface area contributed by atoms with Crippen LogP contribution in [0, 0.1) is 5.82 Å². The Bertz CT molecular complexity index is 1180. The van der Waals surface area contributed by atoms with E-state index >= 15 is 0 Å². The fraction of sp³-hybridized carbons (Fsp3) is 0. The fourth-order valence-corrected chi connectivity index (χ4v) is 3.07. The normalized spacial score (nSPS) is 10.4. The Hall–Kier alpha value is -3.62. The SMILES string of the molecule is O=C(O)C(=O)Nc1ccc(Oc2cc(Cl)c(O)c(Cl)c2C(=O)c2ccc(F)cc2)cc1. The molecule has 3 aromatic rings. The zero-order chi connectivity index (χ0) is 22.7. The van der Waals surface area contributed by atoms with E-state index in [9.17, 15) is 23.9 Å². The number of carbonyl (C=O) groups is 3. The van der Waals surface area contributed by atoms with Gasteiger partial charge in [-0.3, -0.25) is 9.59 Å². The number of ether oxygens (including phenoxy) is 1. The number of carboxylic acid groups (broad SMARTS) is 1. The molecule has 0 unspecified atom stereocenters. The summed E-state index contributed by atoms with van der Waals surface area (Å²) in [5.74, 6) is -4.43. The van der Waals surface area contributed by atoms with Gasteiger partial charge < -0.3 is 20.3 Å². The molecule has 0 spiro atoms. The molecule has 0 aliphatic rings. The standard InChI is InChI=1S/C21H12Cl2FNO6/c22-14-9-15(31-13-7-5-12(6-8-13)25-20(28)21(29)30)16(17(23)19(14)27)18(26)10-1-3-11(24)4-2-10/h1-9,27H,(H,25,28)(H,29,30). The number of anilines is 1. The molecule has 0 fully saturated rings. The van der Waals surface area contributed by atoms with Crippen molar-refractivity contribution in [2.24, 2.45) is 0 Å². The molecule has 3 aromatic carbocycles. The number of carboxylic acids is 1. The van der Waals surface area contributed by atoms with Crippen LogP contribution in [-0.2, 0) is 9.59 Å². The first-order chi connectivity index (χ1) is 14.7. The summed E-state index contributed by atoms with van der Waals surface area (Å²) in [6.45, 7) is 0. The molecule has 10 heteroatoms. The van der Waals surface area contributed by atoms with Gasteiger partial charge in [0.2, 0.25) is 0 Å². The van der Waals surface area contributed by atoms with Crippen LogP contribution in [0.1, 0.15) is 15.9 Å². The number of aliphatic carboxylic acids is 1. The lowest BCUT2D eigenvalue weighted by Crippen LogP contribution is -2.21. The van der Waals surface area contributed by atoms with Gasteiger partial charge in [-0.2, -0.15) is 0 Å². The zero-order valence-corrected chi connectivity index (χ0v) is 16.9. The Morgan fingerprint density at radius 1 is 0.968 bits per heavy atom. The number of phenols is 1. The highest BCUT2D eigenvalue weighted by atomic mass is 35.5. The van der Waals surface area contributed by atoms with Crippen LogP contribution in [-0.4, -0.2) is 27.9 Å². The van der Waals surface area contributed by atoms with Crippen LogP contribution in [0.25, 0.3) is 0 Å². The molecular weight excluding hydrogens is 452 g/mol. The molecule has 0 radical (unpaired) electrons. The molecule has 0 aliphatic heterocycles. The summed E-state index contributed by atoms with van der Waals surface area (Å²) >= 11 is 12.1. The lowest BCUT2D eigenvalue weighted by atomic mass is 10.0. The van der Waals surface area contributed by atoms with Crippen molar-refractivity contribution in [1.82, 2.24) is 0 Å². The number of halogens is 3. The number of nitrogens with one attached hydrogen (secondary N) is 1. The van der Waals surface area contributed by atoms with Gasteiger partial charge >= 0.3 is 11.9 Å². The minimum absolute atomic E-state index is 0.0792. The van der Waals surface area contributed by atoms with Crippen molar-refractivity contribution in [3.63, 3.8) is 0 Å². The monoisotopic (exact) mass is 463 g/mol. The van der Waals surface area contributed by atoms with Crippen molar-refractivity contribution >= 4 is 46.5 Å². The minimum atomic E-state index is -1.64. The Balaban J connectivity index is 1.96. The summed E-state index contributed by atoms with van der Waals surface area (Å²) in [5, 5.41) is 20.3. The van der Waals surface area contributed by atoms with Crippen LogP contribution >= 0.6 is 23.2 Å². The molecule has 0 aliphatic carbocycles. The van der Waals surface area contributed by atoms with E-state index < -0.39 is 29.2 Å². The topological polar surface area (TPSA) is 113 Å². The first-order valence-electron chi connectivity index (χ1n) is 8.50. The lowest BCUT2D eigenvalue weighted by Gasteiger charge is -2.15. The van der Waals surface area contributed by atoms with Gasteiger partial charge in [-0.05, 0) is 48.5 Å². The second-order valence-corrected chi connectivity index (χ2v) is 6.90. The van der Waals surface area contributed by atoms with Crippen molar-refractivity contribution in [3.05, 3.63) is 81.6 Å². The van der Waals surface area contributed by atoms with Crippen LogP contribution in [0.2, 0.25) is 10.0 Å². The maximum atomic E-state index is 13.2. The van der Waals surface area contributed by atoms with Gasteiger partial charge in [-0.15, -0.1) is 0 Å². The molecule has 0 aromatic heterocycles. The molecule has 0 bridgehead atoms. The largest absolute Gasteiger partial charge is 0.505 e. The number of aromatic hydroxyl groups is 1. The van der Waals surface area contributed by atoms with Gasteiger partial charge in [0.25, 0.3) is 0 Å². The fourth-order valence-electron chi connectivity index (χ4n) is 2.54. The average Bonchev–Trinajstić information content (AvgIpc) is 2.73. The number of benzene rings is 3. The molecule has 31 heavy (non-hydrogen) atoms. The number of rotatable bonds is 5. The molecular formula is C21H12Cl2FNO6. The van der Waals surface area contributed by atoms with Gasteiger partial charge in [-0.1, -0.05) is 23.2 Å². The highest BCUT2D eigenvalue weighted by Gasteiger charge is 2.24. The first kappa shape index (κ1) is 22.1. The van der Waals surface area contributed by atoms with Gasteiger partial charge in [-0.25, -0.2) is 9.18 Å². The number of hydrogen-bond donors (Lipinski definition) is 3. The van der Waals surface area contributed by atoms with Gasteiger partial charge in [0.15, 0.2) is 11.5 Å². The minimum Gasteiger partial charge on any atom is -0.505 e. The maximum Gasteiger partial charge on any atom is 0.394 e. The van der Waals surface area contributed by atoms with E-state index in [0.29, 0.717) is 0 Å². The predicted octanol–water partition coefficient (Wildman–Crippen LogP) is 4.88. The van der Waals surface area contributed by atoms with Crippen molar-refractivity contribution < 1.29 is 33.7 Å². The number of phenolic OH excluding ortho intramolecular Hbond substituents is 1. The molecule has 0 saturated heterocycles. The van der Waals surface area contributed by atoms with Crippen molar-refractivity contribution in [1.29, 1.82) is 0 Å². The third-order valence-electron chi connectivity index (χ3n) is 4.03. The highest BCUT2D eigenvalue weighted by molar-refractivity contribution is 6.40. The Morgan fingerprint density at radius 2 is 1.58 bits per heavy atom. The summed E-state index contributed by atoms with van der Waals surface area (Å²) in [6, 6.07) is 11.5. The summed E-state index contributed by atoms with van der Waals surface area (Å²) in [4.78, 5) is 34.8. The maximum absolute atomic E-state index is 13.2. The van der Waals surface area contributed by atoms with E-state index in [0.717, 1.165) is 12.1 Å². The summed E-state index contributed by atoms with van der Waals surface area (Å²) in [5.41, 5.74) is 0.101. The van der Waals surface area contributed by atoms with Crippen LogP contribution in [0.5, 0.6) is 17.2 Å². The van der Waals surface area contributed by atoms with Crippen LogP contribution in [0.4, 0.5) is 10.1 Å². The summed E-state index contributed by atoms with van der Waals surface area (Å²) in [7, 11) is 0. The van der Waals surface area contributed by atoms with Gasteiger partial charge in [0, 0.05) is 17.3 Å². The number of carbonyl (C=O) groups excluding carboxylic acids is 2. The van der Waals surface area contributed by atoms with Crippen LogP contribution in [0.3, 0.4) is 0 Å². The van der Waals surface area contributed by atoms with Crippen molar-refractivity contribution in [3.8, 4) is 17.2 Å². The average molecular weight is 464 g/mol. The Labute approximate surface area is 184 Å². The molecule has 158 valence electrons. The van der Waals surface area contributed by atoms with Crippen LogP contribution < -0.4 is 10.1 Å². The van der Waals surface area contributed by atoms with E-state index in [1.807, 2.05) is 0 Å². The molecule has 0 heterocycles. The highest BCUT2D eigenvalue weighted by Crippen LogP contribution is 2.42. The molecule has 3 N–H and O–H groups in total. The quantitative estimate of drug-likeness (QED) is 0.366. The van der Waals surface area contributed by atoms with E-state index in [4.69, 9.17) is 33.0 Å².